The highest BCUT2D eigenvalue weighted by molar-refractivity contribution is 7.92. The van der Waals surface area contributed by atoms with Gasteiger partial charge in [-0.15, -0.1) is 0 Å². The predicted octanol–water partition coefficient (Wildman–Crippen LogP) is 5.45. The number of benzene rings is 4. The molecule has 0 fully saturated rings. The average molecular weight is 556 g/mol. The molecular weight excluding hydrogens is 530 g/mol. The van der Waals surface area contributed by atoms with E-state index in [0.717, 1.165) is 5.56 Å². The van der Waals surface area contributed by atoms with Gasteiger partial charge in [-0.05, 0) is 49.4 Å². The molecule has 0 saturated heterocycles. The predicted molar refractivity (Wildman–Crippen MR) is 154 cm³/mol. The van der Waals surface area contributed by atoms with E-state index >= 15 is 0 Å². The number of phenolic OH excluding ortho intramolecular Hbond substituents is 1. The third-order valence-electron chi connectivity index (χ3n) is 5.91. The van der Waals surface area contributed by atoms with Crippen LogP contribution in [0, 0.1) is 6.92 Å². The first-order valence-corrected chi connectivity index (χ1v) is 13.6. The molecular formula is C29H25N5O5S. The van der Waals surface area contributed by atoms with Crippen LogP contribution >= 0.6 is 0 Å². The number of fused-ring (bicyclic) bond motifs is 1. The molecule has 5 rings (SSSR count). The highest BCUT2D eigenvalue weighted by atomic mass is 32.2. The highest BCUT2D eigenvalue weighted by Gasteiger charge is 2.20. The molecule has 1 heterocycles. The molecule has 4 N–H and O–H groups in total. The van der Waals surface area contributed by atoms with Gasteiger partial charge in [-0.2, -0.15) is 0 Å². The Hall–Kier alpha value is -5.16. The standard InChI is InChI=1S/C29H25N5O5S/c1-18-10-12-19(13-11-18)29(36)31-20-6-5-7-24(16-20)40(37,38)34-28-27(32-25-8-3-4-9-26(25)33-28)30-21-14-22(35)17-23(15-21)39-2/h3-17,35H,1-2H3,(H,30,32)(H,31,36)(H,33,34). The van der Waals surface area contributed by atoms with E-state index in [0.29, 0.717) is 33.7 Å². The zero-order chi connectivity index (χ0) is 28.3. The van der Waals surface area contributed by atoms with Crippen molar-refractivity contribution in [1.82, 2.24) is 9.97 Å². The maximum Gasteiger partial charge on any atom is 0.263 e. The molecule has 40 heavy (non-hydrogen) atoms. The molecule has 202 valence electrons. The maximum absolute atomic E-state index is 13.5. The Labute approximate surface area is 230 Å². The van der Waals surface area contributed by atoms with E-state index in [2.05, 4.69) is 25.3 Å². The van der Waals surface area contributed by atoms with Gasteiger partial charge in [0.2, 0.25) is 0 Å². The van der Waals surface area contributed by atoms with Gasteiger partial charge < -0.3 is 20.5 Å². The monoisotopic (exact) mass is 555 g/mol. The Morgan fingerprint density at radius 3 is 2.23 bits per heavy atom. The molecule has 0 unspecified atom stereocenters. The number of rotatable bonds is 8. The number of amides is 1. The Morgan fingerprint density at radius 2 is 1.52 bits per heavy atom. The molecule has 4 aromatic carbocycles. The number of hydrogen-bond donors (Lipinski definition) is 4. The van der Waals surface area contributed by atoms with Crippen molar-refractivity contribution in [3.63, 3.8) is 0 Å². The lowest BCUT2D eigenvalue weighted by Crippen LogP contribution is -2.17. The summed E-state index contributed by atoms with van der Waals surface area (Å²) >= 11 is 0. The number of nitrogens with zero attached hydrogens (tertiary/aromatic N) is 2. The fourth-order valence-electron chi connectivity index (χ4n) is 3.90. The van der Waals surface area contributed by atoms with Crippen LogP contribution in [0.15, 0.2) is 95.9 Å². The van der Waals surface area contributed by atoms with Crippen molar-refractivity contribution < 1.29 is 23.1 Å². The first-order chi connectivity index (χ1) is 19.2. The summed E-state index contributed by atoms with van der Waals surface area (Å²) in [6, 6.07) is 24.4. The van der Waals surface area contributed by atoms with Gasteiger partial charge in [0, 0.05) is 35.1 Å². The van der Waals surface area contributed by atoms with Gasteiger partial charge in [0.1, 0.15) is 11.5 Å². The molecule has 0 radical (unpaired) electrons. The van der Waals surface area contributed by atoms with Gasteiger partial charge in [-0.1, -0.05) is 35.9 Å². The van der Waals surface area contributed by atoms with Crippen LogP contribution in [0.1, 0.15) is 15.9 Å². The lowest BCUT2D eigenvalue weighted by atomic mass is 10.1. The second-order valence-corrected chi connectivity index (χ2v) is 10.6. The number of nitrogens with one attached hydrogen (secondary N) is 3. The first-order valence-electron chi connectivity index (χ1n) is 12.1. The minimum absolute atomic E-state index is 0.0535. The highest BCUT2D eigenvalue weighted by Crippen LogP contribution is 2.31. The van der Waals surface area contributed by atoms with Crippen LogP contribution in [0.5, 0.6) is 11.5 Å². The fraction of sp³-hybridized carbons (Fsp3) is 0.0690. The summed E-state index contributed by atoms with van der Waals surface area (Å²) in [7, 11) is -2.70. The van der Waals surface area contributed by atoms with Crippen molar-refractivity contribution in [2.24, 2.45) is 0 Å². The van der Waals surface area contributed by atoms with Crippen LogP contribution in [-0.2, 0) is 10.0 Å². The van der Waals surface area contributed by atoms with Crippen molar-refractivity contribution in [1.29, 1.82) is 0 Å². The number of para-hydroxylation sites is 2. The van der Waals surface area contributed by atoms with Gasteiger partial charge >= 0.3 is 0 Å². The smallest absolute Gasteiger partial charge is 0.263 e. The zero-order valence-corrected chi connectivity index (χ0v) is 22.4. The number of carbonyl (C=O) groups excluding carboxylic acids is 1. The van der Waals surface area contributed by atoms with Crippen molar-refractivity contribution in [2.75, 3.05) is 22.5 Å². The SMILES string of the molecule is COc1cc(O)cc(Nc2nc3ccccc3nc2NS(=O)(=O)c2cccc(NC(=O)c3ccc(C)cc3)c2)c1. The lowest BCUT2D eigenvalue weighted by molar-refractivity contribution is 0.102. The Kier molecular flexibility index (Phi) is 7.21. The summed E-state index contributed by atoms with van der Waals surface area (Å²) in [5.74, 6) is 0.0231. The van der Waals surface area contributed by atoms with E-state index in [1.54, 1.807) is 48.5 Å². The number of methoxy groups -OCH3 is 1. The number of carbonyl (C=O) groups is 1. The quantitative estimate of drug-likeness (QED) is 0.198. The second kappa shape index (κ2) is 10.9. The van der Waals surface area contributed by atoms with E-state index in [4.69, 9.17) is 4.74 Å². The molecule has 0 bridgehead atoms. The Bertz CT molecular complexity index is 1830. The molecule has 0 atom stereocenters. The number of hydrogen-bond acceptors (Lipinski definition) is 8. The molecule has 0 aliphatic heterocycles. The van der Waals surface area contributed by atoms with E-state index in [1.165, 1.54) is 37.4 Å². The topological polar surface area (TPSA) is 143 Å². The average Bonchev–Trinajstić information content (AvgIpc) is 2.93. The third-order valence-corrected chi connectivity index (χ3v) is 7.24. The molecule has 0 aliphatic rings. The number of ether oxygens (including phenoxy) is 1. The third kappa shape index (κ3) is 5.94. The number of aromatic nitrogens is 2. The molecule has 1 amide bonds. The van der Waals surface area contributed by atoms with Crippen molar-refractivity contribution in [2.45, 2.75) is 11.8 Å². The van der Waals surface area contributed by atoms with Gasteiger partial charge in [0.25, 0.3) is 15.9 Å². The van der Waals surface area contributed by atoms with Crippen LogP contribution in [0.2, 0.25) is 0 Å². The number of aromatic hydroxyl groups is 1. The Balaban J connectivity index is 1.46. The molecule has 5 aromatic rings. The molecule has 11 heteroatoms. The number of aryl methyl sites for hydroxylation is 1. The van der Waals surface area contributed by atoms with Crippen LogP contribution < -0.4 is 20.1 Å². The minimum atomic E-state index is -4.16. The fourth-order valence-corrected chi connectivity index (χ4v) is 4.96. The zero-order valence-electron chi connectivity index (χ0n) is 21.5. The summed E-state index contributed by atoms with van der Waals surface area (Å²) < 4.78 is 34.6. The van der Waals surface area contributed by atoms with Gasteiger partial charge in [0.15, 0.2) is 11.6 Å². The largest absolute Gasteiger partial charge is 0.508 e. The van der Waals surface area contributed by atoms with E-state index in [9.17, 15) is 18.3 Å². The number of anilines is 4. The molecule has 1 aromatic heterocycles. The van der Waals surface area contributed by atoms with Crippen LogP contribution in [0.25, 0.3) is 11.0 Å². The molecule has 10 nitrogen and oxygen atoms in total. The summed E-state index contributed by atoms with van der Waals surface area (Å²) in [6.07, 6.45) is 0. The maximum atomic E-state index is 13.5. The normalized spacial score (nSPS) is 11.2. The van der Waals surface area contributed by atoms with Gasteiger partial charge in [0.05, 0.1) is 23.0 Å². The molecule has 0 aliphatic carbocycles. The van der Waals surface area contributed by atoms with Gasteiger partial charge in [-0.3, -0.25) is 9.52 Å². The van der Waals surface area contributed by atoms with Crippen molar-refractivity contribution >= 4 is 50.0 Å². The summed E-state index contributed by atoms with van der Waals surface area (Å²) in [4.78, 5) is 21.6. The number of sulfonamides is 1. The first kappa shape index (κ1) is 26.4. The van der Waals surface area contributed by atoms with E-state index < -0.39 is 10.0 Å². The minimum Gasteiger partial charge on any atom is -0.508 e. The summed E-state index contributed by atoms with van der Waals surface area (Å²) in [6.45, 7) is 1.92. The van der Waals surface area contributed by atoms with Gasteiger partial charge in [-0.25, -0.2) is 18.4 Å². The summed E-state index contributed by atoms with van der Waals surface area (Å²) in [5, 5.41) is 15.8. The van der Waals surface area contributed by atoms with E-state index in [-0.39, 0.29) is 28.2 Å². The van der Waals surface area contributed by atoms with Crippen LogP contribution in [0.3, 0.4) is 0 Å². The van der Waals surface area contributed by atoms with Crippen LogP contribution in [-0.4, -0.2) is 36.5 Å². The van der Waals surface area contributed by atoms with Crippen LogP contribution in [0.4, 0.5) is 23.0 Å². The second-order valence-electron chi connectivity index (χ2n) is 8.91. The van der Waals surface area contributed by atoms with E-state index in [1.807, 2.05) is 19.1 Å². The molecule has 0 spiro atoms. The molecule has 0 saturated carbocycles. The lowest BCUT2D eigenvalue weighted by Gasteiger charge is -2.15. The number of phenols is 1. The van der Waals surface area contributed by atoms with Crippen molar-refractivity contribution in [3.05, 3.63) is 102 Å². The van der Waals surface area contributed by atoms with Crippen molar-refractivity contribution in [3.8, 4) is 11.5 Å². The summed E-state index contributed by atoms with van der Waals surface area (Å²) in [5.41, 5.74) is 3.18. The Morgan fingerprint density at radius 1 is 0.825 bits per heavy atom.